The molecule has 2 N–H and O–H groups in total. The zero-order chi connectivity index (χ0) is 9.52. The zero-order valence-electron chi connectivity index (χ0n) is 8.04. The second-order valence-electron chi connectivity index (χ2n) is 3.68. The largest absolute Gasteiger partial charge is 0.378 e. The van der Waals surface area contributed by atoms with Crippen LogP contribution in [0.3, 0.4) is 0 Å². The van der Waals surface area contributed by atoms with E-state index in [0.29, 0.717) is 25.2 Å². The van der Waals surface area contributed by atoms with Crippen molar-refractivity contribution in [2.45, 2.75) is 50.7 Å². The van der Waals surface area contributed by atoms with Gasteiger partial charge in [-0.15, -0.1) is 0 Å². The van der Waals surface area contributed by atoms with Gasteiger partial charge in [-0.25, -0.2) is 0 Å². The highest BCUT2D eigenvalue weighted by Crippen LogP contribution is 2.19. The number of nitrogens with two attached hydrogens (primary N) is 1. The summed E-state index contributed by atoms with van der Waals surface area (Å²) in [7, 11) is 0. The van der Waals surface area contributed by atoms with Gasteiger partial charge >= 0.3 is 0 Å². The summed E-state index contributed by atoms with van der Waals surface area (Å²) in [6, 6.07) is 2.44. The van der Waals surface area contributed by atoms with Crippen LogP contribution in [0.5, 0.6) is 0 Å². The Bertz CT molecular complexity index is 176. The molecule has 0 aliphatic heterocycles. The van der Waals surface area contributed by atoms with Gasteiger partial charge in [0.25, 0.3) is 0 Å². The van der Waals surface area contributed by atoms with Crippen molar-refractivity contribution < 1.29 is 4.74 Å². The highest BCUT2D eigenvalue weighted by atomic mass is 16.5. The number of hydrogen-bond acceptors (Lipinski definition) is 3. The summed E-state index contributed by atoms with van der Waals surface area (Å²) < 4.78 is 5.62. The van der Waals surface area contributed by atoms with Crippen molar-refractivity contribution in [2.75, 3.05) is 6.61 Å². The van der Waals surface area contributed by atoms with Gasteiger partial charge in [-0.3, -0.25) is 0 Å². The van der Waals surface area contributed by atoms with Crippen LogP contribution in [0.2, 0.25) is 0 Å². The van der Waals surface area contributed by atoms with E-state index < -0.39 is 0 Å². The summed E-state index contributed by atoms with van der Waals surface area (Å²) in [6.45, 7) is 0.713. The normalized spacial score (nSPS) is 28.3. The van der Waals surface area contributed by atoms with Crippen molar-refractivity contribution in [3.8, 4) is 6.07 Å². The van der Waals surface area contributed by atoms with Crippen LogP contribution in [0.1, 0.15) is 38.5 Å². The molecule has 2 atom stereocenters. The van der Waals surface area contributed by atoms with Crippen LogP contribution in [0, 0.1) is 11.3 Å². The Labute approximate surface area is 79.9 Å². The molecule has 3 heteroatoms. The molecule has 3 nitrogen and oxygen atoms in total. The molecule has 13 heavy (non-hydrogen) atoms. The van der Waals surface area contributed by atoms with E-state index in [1.807, 2.05) is 0 Å². The molecule has 1 saturated carbocycles. The minimum Gasteiger partial charge on any atom is -0.378 e. The summed E-state index contributed by atoms with van der Waals surface area (Å²) in [6.07, 6.45) is 6.25. The minimum atomic E-state index is 0.328. The quantitative estimate of drug-likeness (QED) is 0.671. The number of rotatable bonds is 4. The molecule has 74 valence electrons. The summed E-state index contributed by atoms with van der Waals surface area (Å²) in [4.78, 5) is 0. The van der Waals surface area contributed by atoms with Crippen molar-refractivity contribution >= 4 is 0 Å². The fourth-order valence-electron chi connectivity index (χ4n) is 1.73. The maximum atomic E-state index is 8.32. The first-order chi connectivity index (χ1) is 6.33. The summed E-state index contributed by atoms with van der Waals surface area (Å²) >= 11 is 0. The van der Waals surface area contributed by atoms with Crippen LogP contribution < -0.4 is 5.73 Å². The van der Waals surface area contributed by atoms with Crippen molar-refractivity contribution in [1.82, 2.24) is 0 Å². The van der Waals surface area contributed by atoms with Crippen molar-refractivity contribution in [3.63, 3.8) is 0 Å². The molecule has 2 unspecified atom stereocenters. The van der Waals surface area contributed by atoms with E-state index in [-0.39, 0.29) is 0 Å². The molecule has 0 aromatic heterocycles. The third-order valence-electron chi connectivity index (χ3n) is 2.45. The number of unbranched alkanes of at least 4 members (excludes halogenated alkanes) is 1. The first-order valence-corrected chi connectivity index (χ1v) is 5.07. The summed E-state index contributed by atoms with van der Waals surface area (Å²) in [5.74, 6) is 0. The van der Waals surface area contributed by atoms with Gasteiger partial charge in [-0.1, -0.05) is 0 Å². The molecule has 0 spiro atoms. The molecule has 0 aromatic rings. The highest BCUT2D eigenvalue weighted by molar-refractivity contribution is 4.75. The average Bonchev–Trinajstić information content (AvgIpc) is 2.13. The smallest absolute Gasteiger partial charge is 0.0622 e. The molecule has 0 saturated heterocycles. The fourth-order valence-corrected chi connectivity index (χ4v) is 1.73. The second kappa shape index (κ2) is 5.95. The van der Waals surface area contributed by atoms with Crippen molar-refractivity contribution in [2.24, 2.45) is 5.73 Å². The van der Waals surface area contributed by atoms with E-state index in [9.17, 15) is 0 Å². The number of nitrogens with zero attached hydrogens (tertiary/aromatic N) is 1. The summed E-state index contributed by atoms with van der Waals surface area (Å²) in [5.41, 5.74) is 5.82. The van der Waals surface area contributed by atoms with Gasteiger partial charge < -0.3 is 10.5 Å². The van der Waals surface area contributed by atoms with Gasteiger partial charge in [-0.05, 0) is 32.1 Å². The van der Waals surface area contributed by atoms with Crippen LogP contribution in [0.15, 0.2) is 0 Å². The lowest BCUT2D eigenvalue weighted by molar-refractivity contribution is 0.0228. The Morgan fingerprint density at radius 3 is 3.00 bits per heavy atom. The van der Waals surface area contributed by atoms with E-state index in [2.05, 4.69) is 6.07 Å². The maximum Gasteiger partial charge on any atom is 0.0622 e. The Morgan fingerprint density at radius 2 is 2.31 bits per heavy atom. The highest BCUT2D eigenvalue weighted by Gasteiger charge is 2.18. The topological polar surface area (TPSA) is 59.0 Å². The first-order valence-electron chi connectivity index (χ1n) is 5.07. The number of hydrogen-bond donors (Lipinski definition) is 1. The molecule has 0 heterocycles. The SMILES string of the molecule is N#CCCCOC1CCCC(N)C1. The lowest BCUT2D eigenvalue weighted by Gasteiger charge is -2.26. The molecule has 0 bridgehead atoms. The van der Waals surface area contributed by atoms with E-state index in [0.717, 1.165) is 25.7 Å². The van der Waals surface area contributed by atoms with Crippen LogP contribution >= 0.6 is 0 Å². The molecular weight excluding hydrogens is 164 g/mol. The summed E-state index contributed by atoms with van der Waals surface area (Å²) in [5, 5.41) is 8.32. The predicted molar refractivity (Wildman–Crippen MR) is 51.0 cm³/mol. The van der Waals surface area contributed by atoms with Gasteiger partial charge in [0.2, 0.25) is 0 Å². The molecule has 0 amide bonds. The van der Waals surface area contributed by atoms with Gasteiger partial charge in [0.05, 0.1) is 12.2 Å². The Hall–Kier alpha value is -0.590. The molecule has 1 aliphatic carbocycles. The predicted octanol–water partition coefficient (Wildman–Crippen LogP) is 1.58. The van der Waals surface area contributed by atoms with Gasteiger partial charge in [0.15, 0.2) is 0 Å². The standard InChI is InChI=1S/C10H18N2O/c11-6-1-2-7-13-10-5-3-4-9(12)8-10/h9-10H,1-5,7-8,12H2. The van der Waals surface area contributed by atoms with Gasteiger partial charge in [0, 0.05) is 19.1 Å². The molecule has 1 rings (SSSR count). The monoisotopic (exact) mass is 182 g/mol. The van der Waals surface area contributed by atoms with Crippen molar-refractivity contribution in [3.05, 3.63) is 0 Å². The number of nitriles is 1. The first kappa shape index (κ1) is 10.5. The van der Waals surface area contributed by atoms with Gasteiger partial charge in [-0.2, -0.15) is 5.26 Å². The molecule has 0 radical (unpaired) electrons. The number of ether oxygens (including phenoxy) is 1. The third-order valence-corrected chi connectivity index (χ3v) is 2.45. The Morgan fingerprint density at radius 1 is 1.46 bits per heavy atom. The average molecular weight is 182 g/mol. The molecule has 1 aliphatic rings. The van der Waals surface area contributed by atoms with Gasteiger partial charge in [0.1, 0.15) is 0 Å². The minimum absolute atomic E-state index is 0.328. The zero-order valence-corrected chi connectivity index (χ0v) is 8.04. The van der Waals surface area contributed by atoms with Crippen molar-refractivity contribution in [1.29, 1.82) is 5.26 Å². The lowest BCUT2D eigenvalue weighted by atomic mass is 9.93. The van der Waals surface area contributed by atoms with E-state index in [4.69, 9.17) is 15.7 Å². The van der Waals surface area contributed by atoms with Crippen LogP contribution in [0.4, 0.5) is 0 Å². The molecular formula is C10H18N2O. The molecule has 0 aromatic carbocycles. The van der Waals surface area contributed by atoms with Crippen LogP contribution in [0.25, 0.3) is 0 Å². The second-order valence-corrected chi connectivity index (χ2v) is 3.68. The molecule has 1 fully saturated rings. The van der Waals surface area contributed by atoms with E-state index >= 15 is 0 Å². The van der Waals surface area contributed by atoms with E-state index in [1.54, 1.807) is 0 Å². The van der Waals surface area contributed by atoms with Crippen LogP contribution in [-0.2, 0) is 4.74 Å². The third kappa shape index (κ3) is 4.25. The Kier molecular flexibility index (Phi) is 4.81. The van der Waals surface area contributed by atoms with E-state index in [1.165, 1.54) is 6.42 Å². The lowest BCUT2D eigenvalue weighted by Crippen LogP contribution is -2.32. The Balaban J connectivity index is 2.04. The fraction of sp³-hybridized carbons (Fsp3) is 0.900. The maximum absolute atomic E-state index is 8.32. The van der Waals surface area contributed by atoms with Crippen LogP contribution in [-0.4, -0.2) is 18.8 Å².